The molecule has 2 aromatic carbocycles. The molecule has 0 radical (unpaired) electrons. The summed E-state index contributed by atoms with van der Waals surface area (Å²) in [7, 11) is 0. The highest BCUT2D eigenvalue weighted by Crippen LogP contribution is 2.32. The standard InChI is InChI=1S/C23H24N2O3/c1-2-23(19-10-4-3-5-11-19)21(27)25(22(28)24-23)15-20(26)18-13-12-16-8-6-7-9-17(16)14-18/h3-5,10-14H,2,6-9,15H2,1H3,(H,24,28)/t23-/m0/s1. The first-order valence-electron chi connectivity index (χ1n) is 9.90. The molecule has 1 atom stereocenters. The second-order valence-corrected chi connectivity index (χ2v) is 7.56. The molecule has 5 heteroatoms. The molecular weight excluding hydrogens is 352 g/mol. The largest absolute Gasteiger partial charge is 0.325 e. The van der Waals surface area contributed by atoms with Gasteiger partial charge in [-0.15, -0.1) is 0 Å². The fourth-order valence-corrected chi connectivity index (χ4v) is 4.27. The molecule has 3 amide bonds. The zero-order valence-corrected chi connectivity index (χ0v) is 16.0. The highest BCUT2D eigenvalue weighted by Gasteiger charge is 2.51. The second kappa shape index (κ2) is 7.23. The number of imide groups is 1. The van der Waals surface area contributed by atoms with Crippen molar-refractivity contribution in [2.75, 3.05) is 6.54 Å². The second-order valence-electron chi connectivity index (χ2n) is 7.56. The molecule has 0 saturated carbocycles. The van der Waals surface area contributed by atoms with Gasteiger partial charge in [0.2, 0.25) is 0 Å². The van der Waals surface area contributed by atoms with Crippen molar-refractivity contribution < 1.29 is 14.4 Å². The van der Waals surface area contributed by atoms with E-state index in [0.717, 1.165) is 29.7 Å². The van der Waals surface area contributed by atoms with E-state index in [1.165, 1.54) is 17.5 Å². The molecule has 0 bridgehead atoms. The minimum Gasteiger partial charge on any atom is -0.319 e. The Morgan fingerprint density at radius 2 is 1.75 bits per heavy atom. The summed E-state index contributed by atoms with van der Waals surface area (Å²) in [5.74, 6) is -0.575. The lowest BCUT2D eigenvalue weighted by molar-refractivity contribution is -0.131. The number of nitrogens with zero attached hydrogens (tertiary/aromatic N) is 1. The number of rotatable bonds is 5. The molecule has 2 aliphatic rings. The first-order chi connectivity index (χ1) is 13.5. The Hall–Kier alpha value is -2.95. The number of carbonyl (C=O) groups excluding carboxylic acids is 3. The number of aryl methyl sites for hydroxylation is 2. The maximum atomic E-state index is 13.2. The fourth-order valence-electron chi connectivity index (χ4n) is 4.27. The van der Waals surface area contributed by atoms with E-state index < -0.39 is 11.6 Å². The maximum absolute atomic E-state index is 13.2. The number of benzene rings is 2. The van der Waals surface area contributed by atoms with Crippen molar-refractivity contribution in [3.05, 3.63) is 70.8 Å². The summed E-state index contributed by atoms with van der Waals surface area (Å²) >= 11 is 0. The van der Waals surface area contributed by atoms with E-state index in [9.17, 15) is 14.4 Å². The van der Waals surface area contributed by atoms with Crippen LogP contribution in [-0.2, 0) is 23.2 Å². The minimum atomic E-state index is -1.10. The van der Waals surface area contributed by atoms with Crippen LogP contribution < -0.4 is 5.32 Å². The van der Waals surface area contributed by atoms with Gasteiger partial charge in [-0.3, -0.25) is 14.5 Å². The number of fused-ring (bicyclic) bond motifs is 1. The van der Waals surface area contributed by atoms with Crippen molar-refractivity contribution in [3.63, 3.8) is 0 Å². The average molecular weight is 376 g/mol. The van der Waals surface area contributed by atoms with Crippen LogP contribution in [0.25, 0.3) is 0 Å². The van der Waals surface area contributed by atoms with Crippen LogP contribution in [0.4, 0.5) is 4.79 Å². The Balaban J connectivity index is 1.57. The van der Waals surface area contributed by atoms with Gasteiger partial charge in [0.1, 0.15) is 5.54 Å². The van der Waals surface area contributed by atoms with Gasteiger partial charge in [0.15, 0.2) is 5.78 Å². The first kappa shape index (κ1) is 18.4. The SMILES string of the molecule is CC[C@@]1(c2ccccc2)NC(=O)N(CC(=O)c2ccc3c(c2)CCCC3)C1=O. The molecule has 1 N–H and O–H groups in total. The predicted molar refractivity (Wildman–Crippen MR) is 106 cm³/mol. The van der Waals surface area contributed by atoms with E-state index >= 15 is 0 Å². The zero-order valence-electron chi connectivity index (χ0n) is 16.0. The van der Waals surface area contributed by atoms with Gasteiger partial charge in [-0.05, 0) is 54.9 Å². The molecule has 1 fully saturated rings. The van der Waals surface area contributed by atoms with Crippen molar-refractivity contribution in [2.45, 2.75) is 44.6 Å². The lowest BCUT2D eigenvalue weighted by Crippen LogP contribution is -2.43. The van der Waals surface area contributed by atoms with Gasteiger partial charge in [-0.25, -0.2) is 4.79 Å². The molecule has 2 aromatic rings. The molecule has 0 spiro atoms. The number of Topliss-reactive ketones (excluding diaryl/α,β-unsaturated/α-hetero) is 1. The molecule has 0 unspecified atom stereocenters. The van der Waals surface area contributed by atoms with Crippen LogP contribution in [0.2, 0.25) is 0 Å². The van der Waals surface area contributed by atoms with Crippen LogP contribution >= 0.6 is 0 Å². The molecule has 0 aromatic heterocycles. The van der Waals surface area contributed by atoms with Crippen molar-refractivity contribution in [1.29, 1.82) is 0 Å². The zero-order chi connectivity index (χ0) is 19.7. The van der Waals surface area contributed by atoms with Crippen LogP contribution in [-0.4, -0.2) is 29.2 Å². The molecule has 5 nitrogen and oxygen atoms in total. The summed E-state index contributed by atoms with van der Waals surface area (Å²) in [4.78, 5) is 39.6. The van der Waals surface area contributed by atoms with Crippen molar-refractivity contribution in [3.8, 4) is 0 Å². The van der Waals surface area contributed by atoms with Gasteiger partial charge in [-0.1, -0.05) is 49.4 Å². The minimum absolute atomic E-state index is 0.211. The van der Waals surface area contributed by atoms with Gasteiger partial charge in [0.05, 0.1) is 6.54 Å². The van der Waals surface area contributed by atoms with Crippen LogP contribution in [0.15, 0.2) is 48.5 Å². The van der Waals surface area contributed by atoms with E-state index in [4.69, 9.17) is 0 Å². The maximum Gasteiger partial charge on any atom is 0.325 e. The van der Waals surface area contributed by atoms with Crippen LogP contribution in [0, 0.1) is 0 Å². The molecule has 1 aliphatic heterocycles. The van der Waals surface area contributed by atoms with Gasteiger partial charge in [0.25, 0.3) is 5.91 Å². The Labute approximate surface area is 164 Å². The quantitative estimate of drug-likeness (QED) is 0.640. The molecule has 1 aliphatic carbocycles. The van der Waals surface area contributed by atoms with Gasteiger partial charge < -0.3 is 5.32 Å². The number of nitrogens with one attached hydrogen (secondary N) is 1. The van der Waals surface area contributed by atoms with E-state index in [0.29, 0.717) is 12.0 Å². The topological polar surface area (TPSA) is 66.5 Å². The smallest absolute Gasteiger partial charge is 0.319 e. The molecule has 4 rings (SSSR count). The molecule has 28 heavy (non-hydrogen) atoms. The Kier molecular flexibility index (Phi) is 4.75. The lowest BCUT2D eigenvalue weighted by atomic mass is 9.87. The van der Waals surface area contributed by atoms with Gasteiger partial charge >= 0.3 is 6.03 Å². The molecular formula is C23H24N2O3. The average Bonchev–Trinajstić information content (AvgIpc) is 2.99. The predicted octanol–water partition coefficient (Wildman–Crippen LogP) is 3.61. The Bertz CT molecular complexity index is 938. The number of hydrogen-bond acceptors (Lipinski definition) is 3. The van der Waals surface area contributed by atoms with E-state index in [-0.39, 0.29) is 18.2 Å². The summed E-state index contributed by atoms with van der Waals surface area (Å²) < 4.78 is 0. The van der Waals surface area contributed by atoms with Crippen molar-refractivity contribution >= 4 is 17.7 Å². The van der Waals surface area contributed by atoms with E-state index in [1.807, 2.05) is 55.5 Å². The third-order valence-electron chi connectivity index (χ3n) is 5.94. The highest BCUT2D eigenvalue weighted by molar-refractivity contribution is 6.11. The summed E-state index contributed by atoms with van der Waals surface area (Å²) in [6.45, 7) is 1.62. The highest BCUT2D eigenvalue weighted by atomic mass is 16.2. The Morgan fingerprint density at radius 3 is 2.46 bits per heavy atom. The number of amides is 3. The van der Waals surface area contributed by atoms with Gasteiger partial charge in [0, 0.05) is 5.56 Å². The summed E-state index contributed by atoms with van der Waals surface area (Å²) in [6, 6.07) is 14.4. The lowest BCUT2D eigenvalue weighted by Gasteiger charge is -2.25. The van der Waals surface area contributed by atoms with Crippen molar-refractivity contribution in [2.24, 2.45) is 0 Å². The normalized spacial score (nSPS) is 21.4. The third-order valence-corrected chi connectivity index (χ3v) is 5.94. The number of carbonyl (C=O) groups is 3. The summed E-state index contributed by atoms with van der Waals surface area (Å²) in [6.07, 6.45) is 4.76. The first-order valence-corrected chi connectivity index (χ1v) is 9.90. The monoisotopic (exact) mass is 376 g/mol. The van der Waals surface area contributed by atoms with E-state index in [1.54, 1.807) is 0 Å². The molecule has 1 heterocycles. The number of ketones is 1. The molecule has 144 valence electrons. The van der Waals surface area contributed by atoms with E-state index in [2.05, 4.69) is 5.32 Å². The number of urea groups is 1. The molecule has 1 saturated heterocycles. The fraction of sp³-hybridized carbons (Fsp3) is 0.348. The van der Waals surface area contributed by atoms with Gasteiger partial charge in [-0.2, -0.15) is 0 Å². The third kappa shape index (κ3) is 3.01. The van der Waals surface area contributed by atoms with Crippen LogP contribution in [0.5, 0.6) is 0 Å². The number of hydrogen-bond donors (Lipinski definition) is 1. The summed E-state index contributed by atoms with van der Waals surface area (Å²) in [5, 5.41) is 2.83. The van der Waals surface area contributed by atoms with Crippen molar-refractivity contribution in [1.82, 2.24) is 10.2 Å². The van der Waals surface area contributed by atoms with Crippen LogP contribution in [0.1, 0.15) is 53.2 Å². The Morgan fingerprint density at radius 1 is 1.04 bits per heavy atom. The van der Waals surface area contributed by atoms with Crippen LogP contribution in [0.3, 0.4) is 0 Å². The summed E-state index contributed by atoms with van der Waals surface area (Å²) in [5.41, 5.74) is 2.71.